The van der Waals surface area contributed by atoms with Crippen LogP contribution in [-0.4, -0.2) is 166 Å². The summed E-state index contributed by atoms with van der Waals surface area (Å²) >= 11 is 0. The fourth-order valence-corrected chi connectivity index (χ4v) is 9.50. The van der Waals surface area contributed by atoms with E-state index in [2.05, 4.69) is 42.0 Å². The van der Waals surface area contributed by atoms with Crippen molar-refractivity contribution in [1.82, 2.24) is 44.8 Å². The molecule has 0 bridgehead atoms. The van der Waals surface area contributed by atoms with Gasteiger partial charge in [-0.05, 0) is 66.6 Å². The Hall–Kier alpha value is -7.42. The first-order valence-electron chi connectivity index (χ1n) is 24.8. The number of piperazine rings is 2. The van der Waals surface area contributed by atoms with E-state index in [9.17, 15) is 32.8 Å². The number of halogens is 3. The third kappa shape index (κ3) is 14.6. The molecule has 17 nitrogen and oxygen atoms in total. The Kier molecular flexibility index (Phi) is 19.1. The van der Waals surface area contributed by atoms with Crippen LogP contribution in [0.4, 0.5) is 18.9 Å². The molecule has 0 aliphatic carbocycles. The summed E-state index contributed by atoms with van der Waals surface area (Å²) in [6.07, 6.45) is 7.68. The van der Waals surface area contributed by atoms with Crippen LogP contribution in [0, 0.1) is 17.1 Å². The number of anilines is 1. The van der Waals surface area contributed by atoms with Crippen LogP contribution in [0.5, 0.6) is 0 Å². The lowest BCUT2D eigenvalue weighted by Crippen LogP contribution is -2.55. The maximum Gasteiger partial charge on any atom is 0.274 e. The summed E-state index contributed by atoms with van der Waals surface area (Å²) in [5, 5.41) is 14.5. The molecule has 0 spiro atoms. The minimum atomic E-state index is -2.51. The lowest BCUT2D eigenvalue weighted by atomic mass is 9.94. The number of hydrogen-bond donors (Lipinski definition) is 4. The molecule has 4 aromatic rings. The van der Waals surface area contributed by atoms with Gasteiger partial charge in [0.15, 0.2) is 5.69 Å². The number of aromatic nitrogens is 3. The number of hydrogen-bond acceptors (Lipinski definition) is 12. The van der Waals surface area contributed by atoms with E-state index in [1.54, 1.807) is 59.3 Å². The smallest absolute Gasteiger partial charge is 0.274 e. The van der Waals surface area contributed by atoms with Gasteiger partial charge in [0.2, 0.25) is 24.1 Å². The predicted molar refractivity (Wildman–Crippen MR) is 275 cm³/mol. The molecule has 2 aromatic heterocycles. The fraction of sp³-hybridized carbons (Fsp3) is 0.389. The van der Waals surface area contributed by atoms with Crippen LogP contribution >= 0.6 is 0 Å². The zero-order valence-electron chi connectivity index (χ0n) is 41.6. The van der Waals surface area contributed by atoms with Crippen molar-refractivity contribution in [2.75, 3.05) is 90.4 Å². The Morgan fingerprint density at radius 1 is 0.838 bits per heavy atom. The van der Waals surface area contributed by atoms with Crippen molar-refractivity contribution in [2.24, 2.45) is 11.7 Å². The number of carbonyl (C=O) groups is 5. The molecule has 2 aromatic carbocycles. The van der Waals surface area contributed by atoms with E-state index in [0.717, 1.165) is 32.5 Å². The lowest BCUT2D eigenvalue weighted by molar-refractivity contribution is -0.134. The van der Waals surface area contributed by atoms with Crippen molar-refractivity contribution in [2.45, 2.75) is 45.6 Å². The number of allylic oxidation sites excluding steroid dienone is 3. The fourth-order valence-electron chi connectivity index (χ4n) is 9.50. The Bertz CT molecular complexity index is 2750. The molecular formula is C54H63F3N12O5. The molecule has 5 amide bonds. The van der Waals surface area contributed by atoms with Gasteiger partial charge in [0, 0.05) is 126 Å². The summed E-state index contributed by atoms with van der Waals surface area (Å²) in [4.78, 5) is 88.5. The van der Waals surface area contributed by atoms with Gasteiger partial charge in [0.1, 0.15) is 12.1 Å². The number of carbonyl (C=O) groups excluding carboxylic acids is 5. The number of piperidine rings is 1. The molecular weight excluding hydrogens is 954 g/mol. The Morgan fingerprint density at radius 3 is 2.23 bits per heavy atom. The van der Waals surface area contributed by atoms with Crippen LogP contribution in [-0.2, 0) is 33.8 Å². The monoisotopic (exact) mass is 1020 g/mol. The summed E-state index contributed by atoms with van der Waals surface area (Å²) in [6, 6.07) is 14.2. The van der Waals surface area contributed by atoms with Gasteiger partial charge in [-0.25, -0.2) is 28.1 Å². The van der Waals surface area contributed by atoms with Crippen molar-refractivity contribution in [3.8, 4) is 11.1 Å². The molecule has 3 aliphatic rings. The van der Waals surface area contributed by atoms with Gasteiger partial charge >= 0.3 is 0 Å². The number of alkyl halides is 2. The SMILES string of the molecule is C=C/C=C(C(=N)Cc1ccc(F)c(C(=O)N2CCN(C(=O)CN3CCN(CC4CCN(C(=O)c5ncc(-c6cccc(CC(F)F)c6)cc5NC(=O)CNCc5ccncn5)CC4)CC3)CC2)c1)\C(=C/C)C(N)=O. The van der Waals surface area contributed by atoms with Crippen molar-refractivity contribution < 1.29 is 37.1 Å². The highest BCUT2D eigenvalue weighted by Gasteiger charge is 2.31. The van der Waals surface area contributed by atoms with Crippen LogP contribution in [0.2, 0.25) is 0 Å². The molecule has 3 aliphatic heterocycles. The first-order chi connectivity index (χ1) is 35.7. The third-order valence-electron chi connectivity index (χ3n) is 13.5. The standard InChI is InChI=1S/C54H63F3N12O5/c1-3-6-43(42(4-2)52(59)72)46(58)27-38-9-10-45(55)44(26-38)53(73)69-23-21-67(22-24-69)50(71)34-66-19-17-65(18-20-66)33-36-12-15-68(16-13-36)54(74)51-47(64-49(70)32-61-31-41-11-14-60-35-63-41)29-40(30-62-51)39-8-5-7-37(25-39)28-48(56)57/h3-11,14,25-26,29-30,35-36,48,58,61H,1,12-13,15-24,27-28,31-34H2,2H3,(H2,59,72)(H,64,70)/b42-4+,43-6+,58-46?. The van der Waals surface area contributed by atoms with E-state index in [1.165, 1.54) is 53.9 Å². The highest BCUT2D eigenvalue weighted by Crippen LogP contribution is 2.29. The second-order valence-electron chi connectivity index (χ2n) is 18.6. The molecule has 0 atom stereocenters. The number of rotatable bonds is 20. The normalized spacial score (nSPS) is 16.3. The van der Waals surface area contributed by atoms with Crippen LogP contribution in [0.15, 0.2) is 109 Å². The molecule has 3 fully saturated rings. The zero-order valence-corrected chi connectivity index (χ0v) is 41.6. The van der Waals surface area contributed by atoms with E-state index >= 15 is 4.39 Å². The number of primary amides is 1. The van der Waals surface area contributed by atoms with Crippen molar-refractivity contribution in [3.05, 3.63) is 143 Å². The first kappa shape index (κ1) is 54.4. The maximum atomic E-state index is 15.1. The third-order valence-corrected chi connectivity index (χ3v) is 13.5. The Balaban J connectivity index is 0.861. The number of nitrogens with two attached hydrogens (primary N) is 1. The minimum absolute atomic E-state index is 0.0201. The molecule has 0 radical (unpaired) electrons. The van der Waals surface area contributed by atoms with Crippen molar-refractivity contribution in [3.63, 3.8) is 0 Å². The topological polar surface area (TPSA) is 214 Å². The maximum absolute atomic E-state index is 15.1. The Morgan fingerprint density at radius 2 is 1.55 bits per heavy atom. The number of pyridine rings is 1. The number of amides is 5. The van der Waals surface area contributed by atoms with Crippen LogP contribution in [0.3, 0.4) is 0 Å². The summed E-state index contributed by atoms with van der Waals surface area (Å²) in [5.74, 6) is -2.29. The molecule has 74 heavy (non-hydrogen) atoms. The molecule has 3 saturated heterocycles. The lowest BCUT2D eigenvalue weighted by Gasteiger charge is -2.40. The van der Waals surface area contributed by atoms with Gasteiger partial charge in [-0.2, -0.15) is 0 Å². The van der Waals surface area contributed by atoms with Crippen LogP contribution < -0.4 is 16.4 Å². The van der Waals surface area contributed by atoms with E-state index in [4.69, 9.17) is 11.1 Å². The van der Waals surface area contributed by atoms with Crippen LogP contribution in [0.1, 0.15) is 57.4 Å². The molecule has 5 heterocycles. The van der Waals surface area contributed by atoms with Gasteiger partial charge in [-0.15, -0.1) is 0 Å². The average Bonchev–Trinajstić information content (AvgIpc) is 3.39. The largest absolute Gasteiger partial charge is 0.366 e. The van der Waals surface area contributed by atoms with Gasteiger partial charge in [0.05, 0.1) is 30.0 Å². The minimum Gasteiger partial charge on any atom is -0.366 e. The highest BCUT2D eigenvalue weighted by atomic mass is 19.3. The van der Waals surface area contributed by atoms with Crippen molar-refractivity contribution in [1.29, 1.82) is 5.41 Å². The summed E-state index contributed by atoms with van der Waals surface area (Å²) < 4.78 is 41.5. The van der Waals surface area contributed by atoms with Gasteiger partial charge in [-0.3, -0.25) is 28.9 Å². The number of nitrogens with one attached hydrogen (secondary N) is 3. The van der Waals surface area contributed by atoms with E-state index in [0.29, 0.717) is 79.7 Å². The number of likely N-dealkylation sites (tertiary alicyclic amines) is 1. The van der Waals surface area contributed by atoms with E-state index in [-0.39, 0.29) is 78.2 Å². The summed E-state index contributed by atoms with van der Waals surface area (Å²) in [6.45, 7) is 11.8. The quantitative estimate of drug-likeness (QED) is 0.0538. The number of benzene rings is 2. The molecule has 0 saturated carbocycles. The second kappa shape index (κ2) is 26.0. The highest BCUT2D eigenvalue weighted by molar-refractivity contribution is 6.13. The predicted octanol–water partition coefficient (Wildman–Crippen LogP) is 4.77. The van der Waals surface area contributed by atoms with E-state index in [1.807, 2.05) is 0 Å². The van der Waals surface area contributed by atoms with Crippen LogP contribution in [0.25, 0.3) is 11.1 Å². The molecule has 7 rings (SSSR count). The van der Waals surface area contributed by atoms with Gasteiger partial charge in [0.25, 0.3) is 11.8 Å². The molecule has 390 valence electrons. The molecule has 0 unspecified atom stereocenters. The molecule has 20 heteroatoms. The average molecular weight is 1020 g/mol. The van der Waals surface area contributed by atoms with Gasteiger partial charge < -0.3 is 41.4 Å². The van der Waals surface area contributed by atoms with Crippen molar-refractivity contribution >= 4 is 40.9 Å². The number of nitrogens with zero attached hydrogens (tertiary/aromatic N) is 8. The van der Waals surface area contributed by atoms with E-state index < -0.39 is 36.4 Å². The second-order valence-corrected chi connectivity index (χ2v) is 18.6. The molecule has 5 N–H and O–H groups in total. The summed E-state index contributed by atoms with van der Waals surface area (Å²) in [7, 11) is 0. The van der Waals surface area contributed by atoms with Gasteiger partial charge in [-0.1, -0.05) is 55.1 Å². The first-order valence-corrected chi connectivity index (χ1v) is 24.8. The summed E-state index contributed by atoms with van der Waals surface area (Å²) in [5.41, 5.74) is 9.06. The zero-order chi connectivity index (χ0) is 52.7. The Labute approximate surface area is 428 Å².